The second-order valence-corrected chi connectivity index (χ2v) is 6.66. The summed E-state index contributed by atoms with van der Waals surface area (Å²) in [6, 6.07) is 24.3. The Bertz CT molecular complexity index is 1040. The highest BCUT2D eigenvalue weighted by molar-refractivity contribution is 6.04. The maximum absolute atomic E-state index is 13.6. The summed E-state index contributed by atoms with van der Waals surface area (Å²) < 4.78 is 18.6. The number of esters is 1. The van der Waals surface area contributed by atoms with Crippen LogP contribution in [0.3, 0.4) is 0 Å². The van der Waals surface area contributed by atoms with Crippen molar-refractivity contribution in [1.82, 2.24) is 0 Å². The standard InChI is InChI=1S/C25H22FNO3/c1-18(28)27(22-11-7-4-8-12-22)17-23(25(29)30-2)24(19-9-5-3-6-10-19)20-13-15-21(26)16-14-20/h3-16H,17H2,1-2H3/b24-23+. The van der Waals surface area contributed by atoms with Crippen molar-refractivity contribution in [3.8, 4) is 0 Å². The van der Waals surface area contributed by atoms with E-state index in [-0.39, 0.29) is 18.3 Å². The Balaban J connectivity index is 2.22. The highest BCUT2D eigenvalue weighted by Gasteiger charge is 2.24. The number of halogens is 1. The number of hydrogen-bond donors (Lipinski definition) is 0. The lowest BCUT2D eigenvalue weighted by atomic mass is 9.92. The topological polar surface area (TPSA) is 46.6 Å². The lowest BCUT2D eigenvalue weighted by Crippen LogP contribution is -2.33. The van der Waals surface area contributed by atoms with Crippen molar-refractivity contribution in [2.45, 2.75) is 6.92 Å². The number of nitrogens with zero attached hydrogens (tertiary/aromatic N) is 1. The second-order valence-electron chi connectivity index (χ2n) is 6.66. The molecule has 3 rings (SSSR count). The molecule has 0 radical (unpaired) electrons. The Hall–Kier alpha value is -3.73. The second kappa shape index (κ2) is 9.65. The Morgan fingerprint density at radius 1 is 0.833 bits per heavy atom. The maximum atomic E-state index is 13.6. The quantitative estimate of drug-likeness (QED) is 0.436. The van der Waals surface area contributed by atoms with Gasteiger partial charge in [-0.05, 0) is 35.4 Å². The van der Waals surface area contributed by atoms with Crippen molar-refractivity contribution in [3.63, 3.8) is 0 Å². The zero-order chi connectivity index (χ0) is 21.5. The lowest BCUT2D eigenvalue weighted by Gasteiger charge is -2.24. The van der Waals surface area contributed by atoms with Crippen LogP contribution in [0.4, 0.5) is 10.1 Å². The Kier molecular flexibility index (Phi) is 6.75. The first-order valence-corrected chi connectivity index (χ1v) is 9.47. The zero-order valence-electron chi connectivity index (χ0n) is 16.8. The van der Waals surface area contributed by atoms with Crippen LogP contribution in [-0.2, 0) is 14.3 Å². The molecule has 0 aliphatic carbocycles. The van der Waals surface area contributed by atoms with Crippen LogP contribution in [0.2, 0.25) is 0 Å². The molecule has 0 bridgehead atoms. The molecule has 0 aliphatic heterocycles. The minimum Gasteiger partial charge on any atom is -0.466 e. The minimum absolute atomic E-state index is 0.00756. The van der Waals surface area contributed by atoms with E-state index in [2.05, 4.69) is 0 Å². The van der Waals surface area contributed by atoms with Crippen LogP contribution in [0, 0.1) is 5.82 Å². The summed E-state index contributed by atoms with van der Waals surface area (Å²) in [5, 5.41) is 0. The summed E-state index contributed by atoms with van der Waals surface area (Å²) in [6.07, 6.45) is 0. The molecule has 0 heterocycles. The lowest BCUT2D eigenvalue weighted by molar-refractivity contribution is -0.136. The SMILES string of the molecule is COC(=O)/C(CN(C(C)=O)c1ccccc1)=C(\c1ccccc1)c1ccc(F)cc1. The van der Waals surface area contributed by atoms with Gasteiger partial charge in [0.15, 0.2) is 0 Å². The minimum atomic E-state index is -0.555. The number of para-hydroxylation sites is 1. The van der Waals surface area contributed by atoms with Crippen molar-refractivity contribution in [2.24, 2.45) is 0 Å². The maximum Gasteiger partial charge on any atom is 0.336 e. The van der Waals surface area contributed by atoms with Crippen molar-refractivity contribution in [3.05, 3.63) is 107 Å². The van der Waals surface area contributed by atoms with E-state index in [0.29, 0.717) is 22.4 Å². The van der Waals surface area contributed by atoms with E-state index >= 15 is 0 Å². The highest BCUT2D eigenvalue weighted by atomic mass is 19.1. The predicted molar refractivity (Wildman–Crippen MR) is 115 cm³/mol. The average molecular weight is 403 g/mol. The van der Waals surface area contributed by atoms with E-state index in [1.165, 1.54) is 31.1 Å². The van der Waals surface area contributed by atoms with Gasteiger partial charge in [0.1, 0.15) is 5.82 Å². The third kappa shape index (κ3) is 4.81. The molecule has 0 saturated carbocycles. The summed E-state index contributed by atoms with van der Waals surface area (Å²) in [4.78, 5) is 26.8. The molecule has 1 amide bonds. The van der Waals surface area contributed by atoms with Crippen LogP contribution in [-0.4, -0.2) is 25.5 Å². The van der Waals surface area contributed by atoms with Gasteiger partial charge in [-0.2, -0.15) is 0 Å². The summed E-state index contributed by atoms with van der Waals surface area (Å²) >= 11 is 0. The average Bonchev–Trinajstić information content (AvgIpc) is 2.78. The molecule has 0 aromatic heterocycles. The molecular weight excluding hydrogens is 381 g/mol. The monoisotopic (exact) mass is 403 g/mol. The molecule has 30 heavy (non-hydrogen) atoms. The predicted octanol–water partition coefficient (Wildman–Crippen LogP) is 4.85. The van der Waals surface area contributed by atoms with E-state index in [1.807, 2.05) is 48.5 Å². The fourth-order valence-corrected chi connectivity index (χ4v) is 3.26. The van der Waals surface area contributed by atoms with Crippen LogP contribution in [0.5, 0.6) is 0 Å². The van der Waals surface area contributed by atoms with Gasteiger partial charge in [0.25, 0.3) is 0 Å². The molecule has 152 valence electrons. The molecule has 0 unspecified atom stereocenters. The smallest absolute Gasteiger partial charge is 0.336 e. The molecule has 0 aliphatic rings. The third-order valence-corrected chi connectivity index (χ3v) is 4.69. The number of hydrogen-bond acceptors (Lipinski definition) is 3. The van der Waals surface area contributed by atoms with Gasteiger partial charge in [-0.15, -0.1) is 0 Å². The summed E-state index contributed by atoms with van der Waals surface area (Å²) in [7, 11) is 1.30. The third-order valence-electron chi connectivity index (χ3n) is 4.69. The molecular formula is C25H22FNO3. The number of benzene rings is 3. The highest BCUT2D eigenvalue weighted by Crippen LogP contribution is 2.29. The van der Waals surface area contributed by atoms with Gasteiger partial charge in [0.05, 0.1) is 19.2 Å². The van der Waals surface area contributed by atoms with E-state index < -0.39 is 5.97 Å². The first-order chi connectivity index (χ1) is 14.5. The van der Waals surface area contributed by atoms with Crippen LogP contribution in [0.25, 0.3) is 5.57 Å². The van der Waals surface area contributed by atoms with Crippen molar-refractivity contribution >= 4 is 23.1 Å². The molecule has 0 fully saturated rings. The van der Waals surface area contributed by atoms with E-state index in [4.69, 9.17) is 4.74 Å². The van der Waals surface area contributed by atoms with Gasteiger partial charge in [0.2, 0.25) is 5.91 Å². The summed E-state index contributed by atoms with van der Waals surface area (Å²) in [5.74, 6) is -1.14. The first-order valence-electron chi connectivity index (χ1n) is 9.47. The summed E-state index contributed by atoms with van der Waals surface area (Å²) in [6.45, 7) is 1.45. The largest absolute Gasteiger partial charge is 0.466 e. The van der Waals surface area contributed by atoms with E-state index in [1.54, 1.807) is 24.3 Å². The molecule has 4 nitrogen and oxygen atoms in total. The number of carbonyl (C=O) groups is 2. The van der Waals surface area contributed by atoms with E-state index in [0.717, 1.165) is 5.56 Å². The first kappa shape index (κ1) is 21.0. The fourth-order valence-electron chi connectivity index (χ4n) is 3.26. The number of methoxy groups -OCH3 is 1. The normalized spacial score (nSPS) is 11.4. The molecule has 0 N–H and O–H groups in total. The van der Waals surface area contributed by atoms with E-state index in [9.17, 15) is 14.0 Å². The molecule has 3 aromatic carbocycles. The fraction of sp³-hybridized carbons (Fsp3) is 0.120. The molecule has 0 saturated heterocycles. The Labute approximate surface area is 175 Å². The van der Waals surface area contributed by atoms with Gasteiger partial charge in [0, 0.05) is 18.2 Å². The number of ether oxygens (including phenoxy) is 1. The van der Waals surface area contributed by atoms with Crippen LogP contribution >= 0.6 is 0 Å². The number of carbonyl (C=O) groups excluding carboxylic acids is 2. The van der Waals surface area contributed by atoms with Crippen LogP contribution < -0.4 is 4.90 Å². The number of rotatable bonds is 6. The van der Waals surface area contributed by atoms with Crippen molar-refractivity contribution < 1.29 is 18.7 Å². The van der Waals surface area contributed by atoms with Gasteiger partial charge >= 0.3 is 5.97 Å². The van der Waals surface area contributed by atoms with Gasteiger partial charge in [-0.1, -0.05) is 60.7 Å². The molecule has 0 atom stereocenters. The van der Waals surface area contributed by atoms with Gasteiger partial charge in [-0.3, -0.25) is 4.79 Å². The number of anilines is 1. The Morgan fingerprint density at radius 3 is 1.90 bits per heavy atom. The molecule has 0 spiro atoms. The van der Waals surface area contributed by atoms with Gasteiger partial charge in [-0.25, -0.2) is 9.18 Å². The van der Waals surface area contributed by atoms with Crippen molar-refractivity contribution in [1.29, 1.82) is 0 Å². The number of amides is 1. The molecule has 5 heteroatoms. The zero-order valence-corrected chi connectivity index (χ0v) is 16.8. The van der Waals surface area contributed by atoms with Crippen LogP contribution in [0.15, 0.2) is 90.5 Å². The molecule has 3 aromatic rings. The van der Waals surface area contributed by atoms with Crippen LogP contribution in [0.1, 0.15) is 18.1 Å². The Morgan fingerprint density at radius 2 is 1.37 bits per heavy atom. The van der Waals surface area contributed by atoms with Crippen molar-refractivity contribution in [2.75, 3.05) is 18.6 Å². The van der Waals surface area contributed by atoms with Gasteiger partial charge < -0.3 is 9.64 Å². The summed E-state index contributed by atoms with van der Waals surface area (Å²) in [5.41, 5.74) is 2.97.